The van der Waals surface area contributed by atoms with E-state index in [9.17, 15) is 14.7 Å². The average molecular weight is 406 g/mol. The largest absolute Gasteiger partial charge is 0.462 e. The summed E-state index contributed by atoms with van der Waals surface area (Å²) in [6.07, 6.45) is 0. The second-order valence-corrected chi connectivity index (χ2v) is 6.82. The van der Waals surface area contributed by atoms with Crippen LogP contribution in [0, 0.1) is 0 Å². The van der Waals surface area contributed by atoms with Crippen LogP contribution in [0.2, 0.25) is 0 Å². The smallest absolute Gasteiger partial charge is 0.346 e. The zero-order valence-corrected chi connectivity index (χ0v) is 16.8. The number of aromatic nitrogens is 1. The number of hydrogen-bond donors (Lipinski definition) is 1. The summed E-state index contributed by atoms with van der Waals surface area (Å²) in [7, 11) is 0. The Morgan fingerprint density at radius 1 is 1.17 bits per heavy atom. The van der Waals surface area contributed by atoms with Gasteiger partial charge in [0.05, 0.1) is 13.2 Å². The Morgan fingerprint density at radius 2 is 1.93 bits per heavy atom. The number of aliphatic hydroxyl groups is 1. The molecule has 4 rings (SSSR count). The number of ether oxygens (including phenoxy) is 1. The summed E-state index contributed by atoms with van der Waals surface area (Å²) in [4.78, 5) is 32.4. The van der Waals surface area contributed by atoms with Crippen LogP contribution in [0.15, 0.2) is 51.7 Å². The van der Waals surface area contributed by atoms with Crippen molar-refractivity contribution in [3.63, 3.8) is 0 Å². The second kappa shape index (κ2) is 8.12. The molecule has 154 valence electrons. The maximum Gasteiger partial charge on any atom is 0.346 e. The Bertz CT molecular complexity index is 1260. The third kappa shape index (κ3) is 3.27. The lowest BCUT2D eigenvalue weighted by molar-refractivity contribution is 0.0524. The number of rotatable bonds is 6. The Kier molecular flexibility index (Phi) is 5.37. The highest BCUT2D eigenvalue weighted by molar-refractivity contribution is 6.06. The first-order valence-electron chi connectivity index (χ1n) is 9.91. The van der Waals surface area contributed by atoms with Gasteiger partial charge in [-0.2, -0.15) is 0 Å². The fourth-order valence-corrected chi connectivity index (χ4v) is 3.66. The number of carbonyl (C=O) groups excluding carboxylic acids is 1. The molecule has 0 saturated carbocycles. The van der Waals surface area contributed by atoms with Gasteiger partial charge in [0.2, 0.25) is 5.43 Å². The number of fused-ring (bicyclic) bond motifs is 4. The third-order valence-electron chi connectivity index (χ3n) is 5.08. The summed E-state index contributed by atoms with van der Waals surface area (Å²) in [6, 6.07) is 12.6. The number of benzene rings is 3. The van der Waals surface area contributed by atoms with Crippen LogP contribution in [-0.4, -0.2) is 42.4 Å². The molecule has 0 radical (unpaired) electrons. The molecule has 1 N–H and O–H groups in total. The van der Waals surface area contributed by atoms with Crippen LogP contribution >= 0.6 is 0 Å². The predicted molar refractivity (Wildman–Crippen MR) is 115 cm³/mol. The normalized spacial score (nSPS) is 11.3. The first kappa shape index (κ1) is 19.8. The molecule has 2 aromatic rings. The fourth-order valence-electron chi connectivity index (χ4n) is 3.66. The molecular weight excluding hydrogens is 384 g/mol. The number of carbonyl (C=O) groups is 1. The van der Waals surface area contributed by atoms with E-state index in [0.29, 0.717) is 40.7 Å². The van der Waals surface area contributed by atoms with Crippen molar-refractivity contribution in [2.75, 3.05) is 31.2 Å². The standard InChI is InChI=1S/C23H22N2O5/c1-3-25(11-12-26)14-9-10-17-18(13-14)30-22-19(23(28)29-4-2)21(27)16-8-6-5-7-15(16)20(22)24-17/h5-10,13,26H,3-4,11-12H2,1-2H3. The number of hydrogen-bond acceptors (Lipinski definition) is 7. The Hall–Kier alpha value is -3.45. The van der Waals surface area contributed by atoms with E-state index in [1.165, 1.54) is 0 Å². The van der Waals surface area contributed by atoms with Crippen LogP contribution < -0.4 is 10.3 Å². The van der Waals surface area contributed by atoms with Gasteiger partial charge in [-0.25, -0.2) is 9.78 Å². The quantitative estimate of drug-likeness (QED) is 0.298. The summed E-state index contributed by atoms with van der Waals surface area (Å²) in [5.74, 6) is -0.609. The van der Waals surface area contributed by atoms with Crippen molar-refractivity contribution in [2.45, 2.75) is 13.8 Å². The second-order valence-electron chi connectivity index (χ2n) is 6.82. The molecule has 0 aromatic heterocycles. The minimum Gasteiger partial charge on any atom is -0.462 e. The van der Waals surface area contributed by atoms with Crippen molar-refractivity contribution >= 4 is 33.5 Å². The van der Waals surface area contributed by atoms with Crippen molar-refractivity contribution in [3.05, 3.63) is 58.3 Å². The Labute approximate surface area is 172 Å². The molecule has 0 bridgehead atoms. The van der Waals surface area contributed by atoms with E-state index in [-0.39, 0.29) is 24.5 Å². The molecule has 7 heteroatoms. The first-order chi connectivity index (χ1) is 14.6. The Balaban J connectivity index is 2.05. The molecule has 0 atom stereocenters. The van der Waals surface area contributed by atoms with E-state index in [1.54, 1.807) is 31.2 Å². The van der Waals surface area contributed by atoms with E-state index in [0.717, 1.165) is 5.69 Å². The lowest BCUT2D eigenvalue weighted by Gasteiger charge is -2.22. The van der Waals surface area contributed by atoms with Gasteiger partial charge in [0.1, 0.15) is 11.2 Å². The van der Waals surface area contributed by atoms with Gasteiger partial charge in [-0.1, -0.05) is 24.3 Å². The van der Waals surface area contributed by atoms with Crippen LogP contribution in [0.1, 0.15) is 24.2 Å². The van der Waals surface area contributed by atoms with E-state index in [2.05, 4.69) is 0 Å². The lowest BCUT2D eigenvalue weighted by atomic mass is 9.99. The maximum absolute atomic E-state index is 13.1. The van der Waals surface area contributed by atoms with E-state index in [1.807, 2.05) is 30.0 Å². The molecule has 1 aliphatic heterocycles. The van der Waals surface area contributed by atoms with E-state index < -0.39 is 11.4 Å². The van der Waals surface area contributed by atoms with Gasteiger partial charge in [0, 0.05) is 35.6 Å². The molecule has 0 fully saturated rings. The molecule has 1 aliphatic carbocycles. The molecule has 2 aromatic carbocycles. The number of aliphatic hydroxyl groups excluding tert-OH is 1. The highest BCUT2D eigenvalue weighted by Gasteiger charge is 2.27. The average Bonchev–Trinajstić information content (AvgIpc) is 2.76. The van der Waals surface area contributed by atoms with Crippen LogP contribution in [-0.2, 0) is 4.74 Å². The maximum atomic E-state index is 13.1. The lowest BCUT2D eigenvalue weighted by Crippen LogP contribution is -2.26. The number of nitrogens with zero attached hydrogens (tertiary/aromatic N) is 2. The zero-order valence-electron chi connectivity index (χ0n) is 16.8. The van der Waals surface area contributed by atoms with Gasteiger partial charge < -0.3 is 19.2 Å². The zero-order chi connectivity index (χ0) is 21.3. The van der Waals surface area contributed by atoms with Crippen molar-refractivity contribution in [3.8, 4) is 11.5 Å². The van der Waals surface area contributed by atoms with Gasteiger partial charge in [0.25, 0.3) is 0 Å². The van der Waals surface area contributed by atoms with Crippen LogP contribution in [0.25, 0.3) is 33.3 Å². The highest BCUT2D eigenvalue weighted by atomic mass is 16.5. The van der Waals surface area contributed by atoms with Crippen molar-refractivity contribution in [2.24, 2.45) is 0 Å². The molecular formula is C23H22N2O5. The van der Waals surface area contributed by atoms with Gasteiger partial charge in [-0.15, -0.1) is 0 Å². The molecule has 7 nitrogen and oxygen atoms in total. The van der Waals surface area contributed by atoms with Crippen molar-refractivity contribution < 1.29 is 19.1 Å². The first-order valence-corrected chi connectivity index (χ1v) is 9.91. The van der Waals surface area contributed by atoms with Crippen molar-refractivity contribution in [1.29, 1.82) is 0 Å². The SMILES string of the molecule is CCOC(=O)c1c2oc3cc(N(CC)CCO)ccc3nc-2c2ccccc2c1=O. The van der Waals surface area contributed by atoms with Gasteiger partial charge in [0.15, 0.2) is 16.9 Å². The Morgan fingerprint density at radius 3 is 2.63 bits per heavy atom. The minimum absolute atomic E-state index is 0.0253. The van der Waals surface area contributed by atoms with E-state index >= 15 is 0 Å². The molecule has 2 aliphatic rings. The van der Waals surface area contributed by atoms with Gasteiger partial charge in [-0.3, -0.25) is 4.79 Å². The molecule has 30 heavy (non-hydrogen) atoms. The van der Waals surface area contributed by atoms with Crippen LogP contribution in [0.3, 0.4) is 0 Å². The van der Waals surface area contributed by atoms with Crippen molar-refractivity contribution in [1.82, 2.24) is 4.98 Å². The third-order valence-corrected chi connectivity index (χ3v) is 5.08. The molecule has 1 heterocycles. The van der Waals surface area contributed by atoms with Crippen LogP contribution in [0.5, 0.6) is 0 Å². The number of likely N-dealkylation sites (N-methyl/N-ethyl adjacent to an activating group) is 1. The number of anilines is 1. The summed E-state index contributed by atoms with van der Waals surface area (Å²) in [5.41, 5.74) is 1.75. The van der Waals surface area contributed by atoms with Gasteiger partial charge >= 0.3 is 5.97 Å². The molecule has 0 saturated heterocycles. The predicted octanol–water partition coefficient (Wildman–Crippen LogP) is 3.44. The summed E-state index contributed by atoms with van der Waals surface area (Å²) in [5, 5.41) is 10.3. The highest BCUT2D eigenvalue weighted by Crippen LogP contribution is 2.34. The molecule has 0 amide bonds. The van der Waals surface area contributed by atoms with Crippen LogP contribution in [0.4, 0.5) is 5.69 Å². The summed E-state index contributed by atoms with van der Waals surface area (Å²) in [6.45, 7) is 5.03. The number of esters is 1. The summed E-state index contributed by atoms with van der Waals surface area (Å²) < 4.78 is 11.2. The summed E-state index contributed by atoms with van der Waals surface area (Å²) >= 11 is 0. The fraction of sp³-hybridized carbons (Fsp3) is 0.261. The monoisotopic (exact) mass is 406 g/mol. The minimum atomic E-state index is -0.727. The van der Waals surface area contributed by atoms with E-state index in [4.69, 9.17) is 14.1 Å². The molecule has 0 spiro atoms. The molecule has 0 unspecified atom stereocenters. The van der Waals surface area contributed by atoms with Gasteiger partial charge in [-0.05, 0) is 26.0 Å². The topological polar surface area (TPSA) is 92.9 Å².